The molecular weight excluding hydrogens is 428 g/mol. The van der Waals surface area contributed by atoms with Gasteiger partial charge >= 0.3 is 0 Å². The van der Waals surface area contributed by atoms with Crippen LogP contribution in [0.1, 0.15) is 69.7 Å². The summed E-state index contributed by atoms with van der Waals surface area (Å²) in [7, 11) is 1.65. The fourth-order valence-corrected chi connectivity index (χ4v) is 5.61. The minimum Gasteiger partial charge on any atom is -0.507 e. The van der Waals surface area contributed by atoms with Crippen molar-refractivity contribution in [3.63, 3.8) is 0 Å². The maximum atomic E-state index is 10.7. The molecule has 0 radical (unpaired) electrons. The van der Waals surface area contributed by atoms with E-state index in [0.29, 0.717) is 16.9 Å². The van der Waals surface area contributed by atoms with E-state index in [1.807, 2.05) is 32.1 Å². The summed E-state index contributed by atoms with van der Waals surface area (Å²) in [5, 5.41) is 31.4. The number of hydrogen-bond donors (Lipinski definition) is 3. The number of phenolic OH excluding ortho intramolecular Hbond substituents is 2. The molecule has 2 aromatic carbocycles. The van der Waals surface area contributed by atoms with Crippen molar-refractivity contribution in [3.05, 3.63) is 52.1 Å². The van der Waals surface area contributed by atoms with Crippen LogP contribution in [0.3, 0.4) is 0 Å². The summed E-state index contributed by atoms with van der Waals surface area (Å²) in [5.41, 5.74) is 3.50. The molecule has 34 heavy (non-hydrogen) atoms. The molecule has 182 valence electrons. The molecule has 0 bridgehead atoms. The van der Waals surface area contributed by atoms with Gasteiger partial charge in [-0.25, -0.2) is 0 Å². The van der Waals surface area contributed by atoms with Gasteiger partial charge in [0, 0.05) is 5.92 Å². The first-order valence-electron chi connectivity index (χ1n) is 11.9. The summed E-state index contributed by atoms with van der Waals surface area (Å²) >= 11 is 0. The molecule has 0 unspecified atom stereocenters. The van der Waals surface area contributed by atoms with E-state index in [1.165, 1.54) is 0 Å². The number of aliphatic hydroxyl groups excluding tert-OH is 1. The quantitative estimate of drug-likeness (QED) is 0.470. The van der Waals surface area contributed by atoms with Crippen molar-refractivity contribution in [2.24, 2.45) is 11.3 Å². The number of hydrogen-bond acceptors (Lipinski definition) is 5. The predicted molar refractivity (Wildman–Crippen MR) is 136 cm³/mol. The van der Waals surface area contributed by atoms with Gasteiger partial charge in [-0.2, -0.15) is 0 Å². The van der Waals surface area contributed by atoms with Gasteiger partial charge in [-0.1, -0.05) is 31.6 Å². The molecular formula is C29H36O5. The van der Waals surface area contributed by atoms with Gasteiger partial charge in [-0.15, -0.1) is 0 Å². The predicted octanol–water partition coefficient (Wildman–Crippen LogP) is 6.19. The van der Waals surface area contributed by atoms with Crippen LogP contribution in [0.15, 0.2) is 29.8 Å². The molecule has 0 amide bonds. The Morgan fingerprint density at radius 3 is 2.24 bits per heavy atom. The number of methoxy groups -OCH3 is 1. The lowest BCUT2D eigenvalue weighted by atomic mass is 9.57. The Kier molecular flexibility index (Phi) is 6.19. The van der Waals surface area contributed by atoms with Crippen LogP contribution >= 0.6 is 0 Å². The van der Waals surface area contributed by atoms with E-state index in [2.05, 4.69) is 26.8 Å². The van der Waals surface area contributed by atoms with Crippen LogP contribution in [0.4, 0.5) is 0 Å². The monoisotopic (exact) mass is 464 g/mol. The van der Waals surface area contributed by atoms with Crippen LogP contribution in [-0.2, 0) is 6.42 Å². The maximum absolute atomic E-state index is 10.7. The third-order valence-corrected chi connectivity index (χ3v) is 7.60. The van der Waals surface area contributed by atoms with E-state index < -0.39 is 0 Å². The topological polar surface area (TPSA) is 79.2 Å². The lowest BCUT2D eigenvalue weighted by molar-refractivity contribution is -0.138. The third-order valence-electron chi connectivity index (χ3n) is 7.60. The lowest BCUT2D eigenvalue weighted by Crippen LogP contribution is -2.58. The summed E-state index contributed by atoms with van der Waals surface area (Å²) in [6, 6.07) is 7.32. The fourth-order valence-electron chi connectivity index (χ4n) is 5.61. The number of fused-ring (bicyclic) bond motifs is 2. The van der Waals surface area contributed by atoms with E-state index >= 15 is 0 Å². The summed E-state index contributed by atoms with van der Waals surface area (Å²) in [5.74, 6) is 1.72. The van der Waals surface area contributed by atoms with Crippen LogP contribution < -0.4 is 9.47 Å². The van der Waals surface area contributed by atoms with Gasteiger partial charge < -0.3 is 24.8 Å². The van der Waals surface area contributed by atoms with Crippen LogP contribution in [0.5, 0.6) is 23.0 Å². The highest BCUT2D eigenvalue weighted by atomic mass is 16.5. The summed E-state index contributed by atoms with van der Waals surface area (Å²) < 4.78 is 12.3. The van der Waals surface area contributed by atoms with Gasteiger partial charge in [0.25, 0.3) is 0 Å². The Morgan fingerprint density at radius 2 is 1.65 bits per heavy atom. The average molecular weight is 465 g/mol. The number of phenols is 2. The molecule has 2 aromatic rings. The van der Waals surface area contributed by atoms with Crippen molar-refractivity contribution in [2.45, 2.75) is 65.6 Å². The Hall–Kier alpha value is -2.92. The highest BCUT2D eigenvalue weighted by molar-refractivity contribution is 5.76. The SMILES string of the molecule is COc1cc(/C=C/c2cc(O)c(C=C(C)C)c(O)c2)cc2c1O[C@]1(C)CC[C@@H](O)C(C)(C)[C@H]1C2. The Balaban J connectivity index is 1.68. The van der Waals surface area contributed by atoms with Gasteiger partial charge in [0.2, 0.25) is 0 Å². The minimum absolute atomic E-state index is 0.0367. The smallest absolute Gasteiger partial charge is 0.165 e. The average Bonchev–Trinajstić information content (AvgIpc) is 2.76. The maximum Gasteiger partial charge on any atom is 0.165 e. The minimum atomic E-state index is -0.352. The van der Waals surface area contributed by atoms with Gasteiger partial charge in [0.15, 0.2) is 11.5 Å². The van der Waals surface area contributed by atoms with Gasteiger partial charge in [-0.05, 0) is 92.5 Å². The molecule has 0 aromatic heterocycles. The first-order valence-corrected chi connectivity index (χ1v) is 11.9. The fraction of sp³-hybridized carbons (Fsp3) is 0.448. The molecule has 1 aliphatic heterocycles. The number of benzene rings is 2. The highest BCUT2D eigenvalue weighted by Gasteiger charge is 2.54. The highest BCUT2D eigenvalue weighted by Crippen LogP contribution is 2.55. The van der Waals surface area contributed by atoms with Crippen molar-refractivity contribution in [2.75, 3.05) is 7.11 Å². The molecule has 3 N–H and O–H groups in total. The van der Waals surface area contributed by atoms with Gasteiger partial charge in [0.05, 0.1) is 18.8 Å². The van der Waals surface area contributed by atoms with E-state index in [0.717, 1.165) is 41.7 Å². The molecule has 3 atom stereocenters. The van der Waals surface area contributed by atoms with E-state index in [-0.39, 0.29) is 34.5 Å². The number of ether oxygens (including phenoxy) is 2. The third kappa shape index (κ3) is 4.29. The second-order valence-corrected chi connectivity index (χ2v) is 10.8. The molecule has 1 saturated carbocycles. The number of allylic oxidation sites excluding steroid dienone is 1. The molecule has 5 heteroatoms. The van der Waals surface area contributed by atoms with Crippen molar-refractivity contribution >= 4 is 18.2 Å². The first-order chi connectivity index (χ1) is 15.9. The van der Waals surface area contributed by atoms with Crippen molar-refractivity contribution < 1.29 is 24.8 Å². The van der Waals surface area contributed by atoms with Crippen LogP contribution in [0, 0.1) is 11.3 Å². The molecule has 0 spiro atoms. The second-order valence-electron chi connectivity index (χ2n) is 10.8. The van der Waals surface area contributed by atoms with Gasteiger partial charge in [-0.3, -0.25) is 0 Å². The largest absolute Gasteiger partial charge is 0.507 e. The zero-order valence-electron chi connectivity index (χ0n) is 21.0. The number of rotatable bonds is 4. The summed E-state index contributed by atoms with van der Waals surface area (Å²) in [6.07, 6.45) is 7.53. The second kappa shape index (κ2) is 8.70. The Labute approximate surface area is 202 Å². The van der Waals surface area contributed by atoms with Crippen LogP contribution in [-0.4, -0.2) is 34.1 Å². The summed E-state index contributed by atoms with van der Waals surface area (Å²) in [6.45, 7) is 10.2. The zero-order valence-corrected chi connectivity index (χ0v) is 21.0. The zero-order chi connectivity index (χ0) is 24.8. The molecule has 0 saturated heterocycles. The van der Waals surface area contributed by atoms with Crippen molar-refractivity contribution in [3.8, 4) is 23.0 Å². The molecule has 2 aliphatic rings. The van der Waals surface area contributed by atoms with E-state index in [1.54, 1.807) is 25.3 Å². The normalized spacial score (nSPS) is 25.3. The van der Waals surface area contributed by atoms with Crippen LogP contribution in [0.25, 0.3) is 18.2 Å². The van der Waals surface area contributed by atoms with E-state index in [4.69, 9.17) is 9.47 Å². The van der Waals surface area contributed by atoms with Crippen molar-refractivity contribution in [1.82, 2.24) is 0 Å². The number of aromatic hydroxyl groups is 2. The molecule has 1 aliphatic carbocycles. The summed E-state index contributed by atoms with van der Waals surface area (Å²) in [4.78, 5) is 0. The molecule has 1 heterocycles. The van der Waals surface area contributed by atoms with E-state index in [9.17, 15) is 15.3 Å². The lowest BCUT2D eigenvalue weighted by Gasteiger charge is -2.55. The van der Waals surface area contributed by atoms with Crippen molar-refractivity contribution in [1.29, 1.82) is 0 Å². The number of aliphatic hydroxyl groups is 1. The van der Waals surface area contributed by atoms with Crippen LogP contribution in [0.2, 0.25) is 0 Å². The Morgan fingerprint density at radius 1 is 1.03 bits per heavy atom. The molecule has 4 rings (SSSR count). The van der Waals surface area contributed by atoms with Gasteiger partial charge in [0.1, 0.15) is 17.1 Å². The first kappa shape index (κ1) is 24.2. The Bertz CT molecular complexity index is 1130. The molecule has 5 nitrogen and oxygen atoms in total. The molecule has 1 fully saturated rings. The standard InChI is InChI=1S/C29H36O5/c1-17(2)11-21-22(30)13-19(14-23(21)31)8-7-18-12-20-16-25-28(3,4)26(32)9-10-29(25,5)34-27(20)24(15-18)33-6/h7-8,11-15,25-26,30-32H,9-10,16H2,1-6H3/b8-7+/t25-,26-,29-/m1/s1.